The first kappa shape index (κ1) is 25.9. The van der Waals surface area contributed by atoms with E-state index in [1.54, 1.807) is 24.3 Å². The first-order chi connectivity index (χ1) is 17.3. The second-order valence-corrected chi connectivity index (χ2v) is 9.14. The first-order valence-electron chi connectivity index (χ1n) is 12.3. The van der Waals surface area contributed by atoms with Crippen LogP contribution in [0.4, 0.5) is 13.2 Å². The Bertz CT molecular complexity index is 1100. The predicted octanol–water partition coefficient (Wildman–Crippen LogP) is 5.42. The summed E-state index contributed by atoms with van der Waals surface area (Å²) in [6, 6.07) is 8.08. The number of carbonyl (C=O) groups is 1. The Morgan fingerprint density at radius 3 is 2.75 bits per heavy atom. The van der Waals surface area contributed by atoms with Gasteiger partial charge in [0.2, 0.25) is 5.88 Å². The van der Waals surface area contributed by atoms with Gasteiger partial charge in [-0.05, 0) is 48.1 Å². The molecule has 2 heterocycles. The fourth-order valence-corrected chi connectivity index (χ4v) is 4.69. The van der Waals surface area contributed by atoms with E-state index < -0.39 is 17.7 Å². The molecule has 2 aromatic rings. The lowest BCUT2D eigenvalue weighted by Crippen LogP contribution is -2.21. The molecule has 0 bridgehead atoms. The third-order valence-corrected chi connectivity index (χ3v) is 6.50. The number of hydrogen-bond acceptors (Lipinski definition) is 6. The summed E-state index contributed by atoms with van der Waals surface area (Å²) in [4.78, 5) is 20.5. The molecule has 4 rings (SSSR count). The maximum absolute atomic E-state index is 13.8. The van der Waals surface area contributed by atoms with Gasteiger partial charge < -0.3 is 20.0 Å². The van der Waals surface area contributed by atoms with Crippen LogP contribution in [0.25, 0.3) is 0 Å². The van der Waals surface area contributed by atoms with Gasteiger partial charge in [0.05, 0.1) is 35.6 Å². The highest BCUT2D eigenvalue weighted by Gasteiger charge is 2.35. The number of nitrogens with one attached hydrogen (secondary N) is 1. The molecular formula is C26H30F3N3O4. The zero-order valence-electron chi connectivity index (χ0n) is 19.9. The van der Waals surface area contributed by atoms with E-state index in [0.717, 1.165) is 32.1 Å². The third kappa shape index (κ3) is 6.75. The summed E-state index contributed by atoms with van der Waals surface area (Å²) in [6.45, 7) is 0.998. The fourth-order valence-electron chi connectivity index (χ4n) is 4.69. The van der Waals surface area contributed by atoms with Crippen molar-refractivity contribution in [3.05, 3.63) is 58.3 Å². The standard InChI is InChI=1S/C26H30F3N3O4/c27-26(28,29)22-14-17(6-8-20(22)18-4-2-1-3-5-18)16-36-32-23-11-13-35-25-21(23)9-7-19(31-25)15-30-12-10-24(33)34/h6-9,14,18,30H,1-5,10-13,15-16H2,(H,33,34). The van der Waals surface area contributed by atoms with Crippen LogP contribution in [0, 0.1) is 0 Å². The lowest BCUT2D eigenvalue weighted by atomic mass is 9.81. The van der Waals surface area contributed by atoms with Gasteiger partial charge in [0.25, 0.3) is 0 Å². The van der Waals surface area contributed by atoms with Gasteiger partial charge in [-0.1, -0.05) is 36.6 Å². The number of benzene rings is 1. The van der Waals surface area contributed by atoms with Crippen molar-refractivity contribution in [2.45, 2.75) is 70.2 Å². The van der Waals surface area contributed by atoms with Crippen molar-refractivity contribution < 1.29 is 32.6 Å². The molecule has 1 fully saturated rings. The second kappa shape index (κ2) is 11.7. The number of oxime groups is 1. The predicted molar refractivity (Wildman–Crippen MR) is 127 cm³/mol. The molecule has 0 amide bonds. The molecule has 194 valence electrons. The number of nitrogens with zero attached hydrogens (tertiary/aromatic N) is 2. The third-order valence-electron chi connectivity index (χ3n) is 6.50. The number of carboxylic acid groups (broad SMARTS) is 1. The zero-order chi connectivity index (χ0) is 25.5. The molecule has 1 saturated carbocycles. The fraction of sp³-hybridized carbons (Fsp3) is 0.500. The van der Waals surface area contributed by atoms with Gasteiger partial charge in [0.15, 0.2) is 0 Å². The van der Waals surface area contributed by atoms with Crippen molar-refractivity contribution in [3.8, 4) is 5.88 Å². The van der Waals surface area contributed by atoms with Crippen LogP contribution in [0.1, 0.15) is 78.8 Å². The van der Waals surface area contributed by atoms with Crippen LogP contribution in [-0.2, 0) is 29.0 Å². The number of hydrogen-bond donors (Lipinski definition) is 2. The molecule has 0 saturated heterocycles. The van der Waals surface area contributed by atoms with Crippen molar-refractivity contribution in [1.29, 1.82) is 0 Å². The number of carboxylic acids is 1. The van der Waals surface area contributed by atoms with Gasteiger partial charge >= 0.3 is 12.1 Å². The summed E-state index contributed by atoms with van der Waals surface area (Å²) >= 11 is 0. The summed E-state index contributed by atoms with van der Waals surface area (Å²) in [6.07, 6.45) is 0.687. The number of alkyl halides is 3. The molecule has 0 radical (unpaired) electrons. The highest BCUT2D eigenvalue weighted by molar-refractivity contribution is 6.02. The van der Waals surface area contributed by atoms with Crippen LogP contribution >= 0.6 is 0 Å². The van der Waals surface area contributed by atoms with Crippen LogP contribution in [0.15, 0.2) is 35.5 Å². The molecule has 36 heavy (non-hydrogen) atoms. The Hall–Kier alpha value is -3.14. The monoisotopic (exact) mass is 505 g/mol. The number of aliphatic carboxylic acids is 1. The van der Waals surface area contributed by atoms with E-state index >= 15 is 0 Å². The molecule has 7 nitrogen and oxygen atoms in total. The summed E-state index contributed by atoms with van der Waals surface area (Å²) in [7, 11) is 0. The van der Waals surface area contributed by atoms with Crippen LogP contribution in [-0.4, -0.2) is 34.9 Å². The number of aromatic nitrogens is 1. The molecule has 0 spiro atoms. The van der Waals surface area contributed by atoms with Crippen molar-refractivity contribution in [2.24, 2.45) is 5.16 Å². The molecule has 2 aliphatic rings. The van der Waals surface area contributed by atoms with Crippen molar-refractivity contribution >= 4 is 11.7 Å². The SMILES string of the molecule is O=C(O)CCNCc1ccc2c(n1)OCCC2=NOCc1ccc(C2CCCCC2)c(C(F)(F)F)c1. The maximum atomic E-state index is 13.8. The van der Waals surface area contributed by atoms with E-state index in [0.29, 0.717) is 60.1 Å². The van der Waals surface area contributed by atoms with E-state index in [2.05, 4.69) is 15.5 Å². The summed E-state index contributed by atoms with van der Waals surface area (Å²) in [5, 5.41) is 15.9. The van der Waals surface area contributed by atoms with E-state index in [4.69, 9.17) is 14.7 Å². The van der Waals surface area contributed by atoms with Gasteiger partial charge in [0.1, 0.15) is 6.61 Å². The lowest BCUT2D eigenvalue weighted by Gasteiger charge is -2.25. The molecule has 1 aromatic carbocycles. The Kier molecular flexibility index (Phi) is 8.45. The van der Waals surface area contributed by atoms with Gasteiger partial charge in [0, 0.05) is 19.5 Å². The van der Waals surface area contributed by atoms with Crippen LogP contribution in [0.5, 0.6) is 5.88 Å². The van der Waals surface area contributed by atoms with E-state index in [9.17, 15) is 18.0 Å². The molecule has 1 aromatic heterocycles. The number of halogens is 3. The van der Waals surface area contributed by atoms with Gasteiger partial charge in [-0.2, -0.15) is 13.2 Å². The highest BCUT2D eigenvalue weighted by Crippen LogP contribution is 2.41. The smallest absolute Gasteiger partial charge is 0.416 e. The molecule has 10 heteroatoms. The summed E-state index contributed by atoms with van der Waals surface area (Å²) < 4.78 is 47.1. The molecular weight excluding hydrogens is 475 g/mol. The minimum atomic E-state index is -4.42. The molecule has 0 unspecified atom stereocenters. The van der Waals surface area contributed by atoms with Crippen molar-refractivity contribution in [1.82, 2.24) is 10.3 Å². The number of ether oxygens (including phenoxy) is 1. The van der Waals surface area contributed by atoms with Crippen molar-refractivity contribution in [3.63, 3.8) is 0 Å². The lowest BCUT2D eigenvalue weighted by molar-refractivity contribution is -0.139. The average Bonchev–Trinajstić information content (AvgIpc) is 2.86. The van der Waals surface area contributed by atoms with E-state index in [1.165, 1.54) is 6.07 Å². The van der Waals surface area contributed by atoms with Crippen LogP contribution < -0.4 is 10.1 Å². The zero-order valence-corrected chi connectivity index (χ0v) is 19.9. The molecule has 0 atom stereocenters. The number of pyridine rings is 1. The normalized spacial score (nSPS) is 17.5. The van der Waals surface area contributed by atoms with Gasteiger partial charge in [-0.3, -0.25) is 4.79 Å². The van der Waals surface area contributed by atoms with Crippen LogP contribution in [0.2, 0.25) is 0 Å². The minimum Gasteiger partial charge on any atom is -0.481 e. The first-order valence-corrected chi connectivity index (χ1v) is 12.3. The average molecular weight is 506 g/mol. The minimum absolute atomic E-state index is 0.0172. The quantitative estimate of drug-likeness (QED) is 0.349. The number of fused-ring (bicyclic) bond motifs is 1. The van der Waals surface area contributed by atoms with E-state index in [-0.39, 0.29) is 18.9 Å². The molecule has 1 aliphatic heterocycles. The van der Waals surface area contributed by atoms with Crippen LogP contribution in [0.3, 0.4) is 0 Å². The van der Waals surface area contributed by atoms with E-state index in [1.807, 2.05) is 0 Å². The summed E-state index contributed by atoms with van der Waals surface area (Å²) in [5.41, 5.74) is 2.20. The molecule has 2 N–H and O–H groups in total. The Morgan fingerprint density at radius 2 is 2.00 bits per heavy atom. The largest absolute Gasteiger partial charge is 0.481 e. The van der Waals surface area contributed by atoms with Gasteiger partial charge in [-0.25, -0.2) is 4.98 Å². The second-order valence-electron chi connectivity index (χ2n) is 9.14. The highest BCUT2D eigenvalue weighted by atomic mass is 19.4. The van der Waals surface area contributed by atoms with Crippen molar-refractivity contribution in [2.75, 3.05) is 13.2 Å². The molecule has 1 aliphatic carbocycles. The Labute approximate surface area is 207 Å². The Morgan fingerprint density at radius 1 is 1.19 bits per heavy atom. The topological polar surface area (TPSA) is 93.0 Å². The van der Waals surface area contributed by atoms with Gasteiger partial charge in [-0.15, -0.1) is 0 Å². The number of rotatable bonds is 9. The maximum Gasteiger partial charge on any atom is 0.416 e. The summed E-state index contributed by atoms with van der Waals surface area (Å²) in [5.74, 6) is -0.522. The Balaban J connectivity index is 1.41.